The second-order valence-corrected chi connectivity index (χ2v) is 6.01. The fraction of sp³-hybridized carbons (Fsp3) is 0.471. The number of nitro benzene ring substituents is 1. The highest BCUT2D eigenvalue weighted by Gasteiger charge is 2.28. The van der Waals surface area contributed by atoms with Crippen LogP contribution in [0.25, 0.3) is 0 Å². The molecule has 0 bridgehead atoms. The van der Waals surface area contributed by atoms with Gasteiger partial charge in [0.2, 0.25) is 5.91 Å². The fourth-order valence-electron chi connectivity index (χ4n) is 2.99. The van der Waals surface area contributed by atoms with E-state index in [-0.39, 0.29) is 17.5 Å². The van der Waals surface area contributed by atoms with Crippen LogP contribution in [-0.2, 0) is 11.3 Å². The minimum absolute atomic E-state index is 0.00454. The van der Waals surface area contributed by atoms with Crippen molar-refractivity contribution in [3.63, 3.8) is 0 Å². The number of non-ortho nitro benzene ring substituents is 1. The lowest BCUT2D eigenvalue weighted by Crippen LogP contribution is -2.44. The molecular formula is C17H23N3O3. The Bertz CT molecular complexity index is 588. The number of piperidine rings is 1. The van der Waals surface area contributed by atoms with E-state index in [1.54, 1.807) is 23.1 Å². The van der Waals surface area contributed by atoms with Gasteiger partial charge in [0.1, 0.15) is 0 Å². The monoisotopic (exact) mass is 317 g/mol. The number of hydrogen-bond acceptors (Lipinski definition) is 4. The highest BCUT2D eigenvalue weighted by Crippen LogP contribution is 2.21. The minimum Gasteiger partial charge on any atom is -0.334 e. The number of hydrogen-bond donors (Lipinski definition) is 1. The molecule has 1 heterocycles. The second-order valence-electron chi connectivity index (χ2n) is 6.01. The van der Waals surface area contributed by atoms with Crippen LogP contribution < -0.4 is 5.32 Å². The summed E-state index contributed by atoms with van der Waals surface area (Å²) >= 11 is 0. The Morgan fingerprint density at radius 1 is 1.57 bits per heavy atom. The SMILES string of the molecule is C=CCN(Cc1cccc([N+](=O)[O-])c1)C(=O)[C@H]1CCN[C@@H](C)C1. The normalized spacial score (nSPS) is 20.7. The zero-order valence-electron chi connectivity index (χ0n) is 13.4. The summed E-state index contributed by atoms with van der Waals surface area (Å²) in [6.45, 7) is 7.45. The van der Waals surface area contributed by atoms with Crippen molar-refractivity contribution in [1.82, 2.24) is 10.2 Å². The molecule has 6 heteroatoms. The van der Waals surface area contributed by atoms with Gasteiger partial charge in [-0.15, -0.1) is 6.58 Å². The standard InChI is InChI=1S/C17H23N3O3/c1-3-9-19(17(21)15-7-8-18-13(2)10-15)12-14-5-4-6-16(11-14)20(22)23/h3-6,11,13,15,18H,1,7-10,12H2,2H3/t13-,15-/m0/s1. The van der Waals surface area contributed by atoms with Crippen molar-refractivity contribution in [2.24, 2.45) is 5.92 Å². The molecule has 1 aromatic carbocycles. The summed E-state index contributed by atoms with van der Waals surface area (Å²) in [5, 5.41) is 14.2. The first-order valence-corrected chi connectivity index (χ1v) is 7.87. The average Bonchev–Trinajstić information content (AvgIpc) is 2.54. The van der Waals surface area contributed by atoms with E-state index < -0.39 is 4.92 Å². The average molecular weight is 317 g/mol. The van der Waals surface area contributed by atoms with Gasteiger partial charge in [-0.2, -0.15) is 0 Å². The van der Waals surface area contributed by atoms with E-state index >= 15 is 0 Å². The van der Waals surface area contributed by atoms with Gasteiger partial charge in [-0.1, -0.05) is 18.2 Å². The van der Waals surface area contributed by atoms with Crippen molar-refractivity contribution in [3.05, 3.63) is 52.6 Å². The van der Waals surface area contributed by atoms with Gasteiger partial charge in [-0.25, -0.2) is 0 Å². The maximum absolute atomic E-state index is 12.8. The Morgan fingerprint density at radius 3 is 3.00 bits per heavy atom. The molecule has 1 fully saturated rings. The van der Waals surface area contributed by atoms with Crippen molar-refractivity contribution in [2.45, 2.75) is 32.4 Å². The molecule has 2 atom stereocenters. The number of amides is 1. The first-order chi connectivity index (χ1) is 11.0. The number of nitro groups is 1. The zero-order chi connectivity index (χ0) is 16.8. The van der Waals surface area contributed by atoms with Crippen LogP contribution in [0.3, 0.4) is 0 Å². The molecule has 1 aliphatic rings. The quantitative estimate of drug-likeness (QED) is 0.497. The Labute approximate surface area is 136 Å². The third-order valence-corrected chi connectivity index (χ3v) is 4.13. The zero-order valence-corrected chi connectivity index (χ0v) is 13.4. The minimum atomic E-state index is -0.419. The lowest BCUT2D eigenvalue weighted by molar-refractivity contribution is -0.384. The molecule has 0 spiro atoms. The molecule has 6 nitrogen and oxygen atoms in total. The Hall–Kier alpha value is -2.21. The molecule has 1 saturated heterocycles. The maximum Gasteiger partial charge on any atom is 0.269 e. The Morgan fingerprint density at radius 2 is 2.35 bits per heavy atom. The molecule has 1 aromatic rings. The number of nitrogens with one attached hydrogen (secondary N) is 1. The summed E-state index contributed by atoms with van der Waals surface area (Å²) in [4.78, 5) is 25.0. The van der Waals surface area contributed by atoms with Crippen molar-refractivity contribution in [3.8, 4) is 0 Å². The predicted octanol–water partition coefficient (Wildman–Crippen LogP) is 2.50. The van der Waals surface area contributed by atoms with Crippen molar-refractivity contribution < 1.29 is 9.72 Å². The summed E-state index contributed by atoms with van der Waals surface area (Å²) in [6, 6.07) is 6.77. The highest BCUT2D eigenvalue weighted by atomic mass is 16.6. The molecule has 0 aromatic heterocycles. The molecule has 0 radical (unpaired) electrons. The Kier molecular flexibility index (Phi) is 5.87. The Balaban J connectivity index is 2.11. The van der Waals surface area contributed by atoms with Crippen LogP contribution in [0.5, 0.6) is 0 Å². The smallest absolute Gasteiger partial charge is 0.269 e. The van der Waals surface area contributed by atoms with Gasteiger partial charge < -0.3 is 10.2 Å². The van der Waals surface area contributed by atoms with Gasteiger partial charge in [-0.05, 0) is 31.9 Å². The molecular weight excluding hydrogens is 294 g/mol. The molecule has 1 aliphatic heterocycles. The second kappa shape index (κ2) is 7.87. The van der Waals surface area contributed by atoms with Gasteiger partial charge in [-0.3, -0.25) is 14.9 Å². The summed E-state index contributed by atoms with van der Waals surface area (Å²) in [6.07, 6.45) is 3.34. The van der Waals surface area contributed by atoms with E-state index in [9.17, 15) is 14.9 Å². The molecule has 2 rings (SSSR count). The van der Waals surface area contributed by atoms with E-state index in [1.165, 1.54) is 12.1 Å². The van der Waals surface area contributed by atoms with Gasteiger partial charge in [0.05, 0.1) is 4.92 Å². The summed E-state index contributed by atoms with van der Waals surface area (Å²) in [5.41, 5.74) is 0.806. The topological polar surface area (TPSA) is 75.5 Å². The van der Waals surface area contributed by atoms with E-state index in [4.69, 9.17) is 0 Å². The summed E-state index contributed by atoms with van der Waals surface area (Å²) < 4.78 is 0. The van der Waals surface area contributed by atoms with E-state index in [2.05, 4.69) is 18.8 Å². The van der Waals surface area contributed by atoms with Crippen molar-refractivity contribution >= 4 is 11.6 Å². The van der Waals surface area contributed by atoms with Crippen LogP contribution in [0.15, 0.2) is 36.9 Å². The first kappa shape index (κ1) is 17.1. The molecule has 0 saturated carbocycles. The van der Waals surface area contributed by atoms with E-state index in [1.807, 2.05) is 0 Å². The van der Waals surface area contributed by atoms with Gasteiger partial charge in [0.15, 0.2) is 0 Å². The van der Waals surface area contributed by atoms with Crippen molar-refractivity contribution in [1.29, 1.82) is 0 Å². The van der Waals surface area contributed by atoms with Crippen LogP contribution in [0.2, 0.25) is 0 Å². The molecule has 1 amide bonds. The van der Waals surface area contributed by atoms with Crippen LogP contribution in [-0.4, -0.2) is 34.9 Å². The molecule has 23 heavy (non-hydrogen) atoms. The van der Waals surface area contributed by atoms with Gasteiger partial charge >= 0.3 is 0 Å². The highest BCUT2D eigenvalue weighted by molar-refractivity contribution is 5.79. The van der Waals surface area contributed by atoms with Crippen LogP contribution in [0.1, 0.15) is 25.3 Å². The van der Waals surface area contributed by atoms with Crippen molar-refractivity contribution in [2.75, 3.05) is 13.1 Å². The lowest BCUT2D eigenvalue weighted by atomic mass is 9.92. The lowest BCUT2D eigenvalue weighted by Gasteiger charge is -2.31. The first-order valence-electron chi connectivity index (χ1n) is 7.87. The maximum atomic E-state index is 12.8. The summed E-state index contributed by atoms with van der Waals surface area (Å²) in [7, 11) is 0. The number of nitrogens with zero attached hydrogens (tertiary/aromatic N) is 2. The third kappa shape index (κ3) is 4.63. The van der Waals surface area contributed by atoms with E-state index in [0.29, 0.717) is 19.1 Å². The number of rotatable bonds is 6. The number of benzene rings is 1. The predicted molar refractivity (Wildman–Crippen MR) is 88.9 cm³/mol. The number of carbonyl (C=O) groups is 1. The van der Waals surface area contributed by atoms with E-state index in [0.717, 1.165) is 24.9 Å². The van der Waals surface area contributed by atoms with Gasteiger partial charge in [0, 0.05) is 37.2 Å². The number of carbonyl (C=O) groups excluding carboxylic acids is 1. The molecule has 1 N–H and O–H groups in total. The van der Waals surface area contributed by atoms with Gasteiger partial charge in [0.25, 0.3) is 5.69 Å². The van der Waals surface area contributed by atoms with Crippen LogP contribution >= 0.6 is 0 Å². The fourth-order valence-corrected chi connectivity index (χ4v) is 2.99. The molecule has 0 unspecified atom stereocenters. The van der Waals surface area contributed by atoms with Crippen LogP contribution in [0, 0.1) is 16.0 Å². The van der Waals surface area contributed by atoms with Crippen LogP contribution in [0.4, 0.5) is 5.69 Å². The summed E-state index contributed by atoms with van der Waals surface area (Å²) in [5.74, 6) is 0.106. The molecule has 0 aliphatic carbocycles. The largest absolute Gasteiger partial charge is 0.334 e. The molecule has 124 valence electrons. The third-order valence-electron chi connectivity index (χ3n) is 4.13.